The number of fused-ring (bicyclic) bond motifs is 5. The van der Waals surface area contributed by atoms with Crippen molar-refractivity contribution >= 4 is 23.9 Å². The van der Waals surface area contributed by atoms with Crippen molar-refractivity contribution in [2.45, 2.75) is 12.8 Å². The van der Waals surface area contributed by atoms with Crippen LogP contribution >= 0.6 is 0 Å². The molecule has 2 saturated heterocycles. The van der Waals surface area contributed by atoms with Crippen molar-refractivity contribution in [2.75, 3.05) is 0 Å². The molecule has 2 bridgehead atoms. The number of cyclic esters (lactones) is 4. The quantitative estimate of drug-likeness (QED) is 0.346. The van der Waals surface area contributed by atoms with Crippen molar-refractivity contribution in [1.29, 1.82) is 0 Å². The summed E-state index contributed by atoms with van der Waals surface area (Å²) >= 11 is 0. The first-order chi connectivity index (χ1) is 9.06. The van der Waals surface area contributed by atoms with E-state index in [-0.39, 0.29) is 0 Å². The van der Waals surface area contributed by atoms with Gasteiger partial charge in [0.1, 0.15) is 0 Å². The molecule has 4 aliphatic rings. The third-order valence-electron chi connectivity index (χ3n) is 4.64. The van der Waals surface area contributed by atoms with E-state index < -0.39 is 53.5 Å². The Morgan fingerprint density at radius 1 is 0.789 bits per heavy atom. The second kappa shape index (κ2) is 3.31. The van der Waals surface area contributed by atoms with Gasteiger partial charge in [-0.25, -0.2) is 0 Å². The number of allylic oxidation sites excluding steroid dienone is 2. The van der Waals surface area contributed by atoms with E-state index >= 15 is 0 Å². The maximum absolute atomic E-state index is 11.8. The van der Waals surface area contributed by atoms with Crippen molar-refractivity contribution < 1.29 is 28.7 Å². The van der Waals surface area contributed by atoms with Crippen LogP contribution in [-0.4, -0.2) is 23.9 Å². The molecule has 2 fully saturated rings. The van der Waals surface area contributed by atoms with Crippen molar-refractivity contribution in [1.82, 2.24) is 0 Å². The summed E-state index contributed by atoms with van der Waals surface area (Å²) < 4.78 is 9.36. The Kier molecular flexibility index (Phi) is 1.90. The SMILES string of the molecule is O=C1OC(=O)C2C1CC1=CC2C2C(=O)OC(=O)C2C1. The predicted octanol–water partition coefficient (Wildman–Crippen LogP) is -0.0320. The van der Waals surface area contributed by atoms with Crippen LogP contribution in [0, 0.1) is 29.6 Å². The molecule has 2 aliphatic heterocycles. The minimum Gasteiger partial charge on any atom is -0.393 e. The maximum atomic E-state index is 11.8. The highest BCUT2D eigenvalue weighted by atomic mass is 16.6. The van der Waals surface area contributed by atoms with E-state index in [2.05, 4.69) is 9.47 Å². The summed E-state index contributed by atoms with van der Waals surface area (Å²) in [6, 6.07) is 0. The maximum Gasteiger partial charge on any atom is 0.318 e. The molecule has 6 heteroatoms. The van der Waals surface area contributed by atoms with Crippen LogP contribution in [0.1, 0.15) is 12.8 Å². The predicted molar refractivity (Wildman–Crippen MR) is 57.0 cm³/mol. The fourth-order valence-electron chi connectivity index (χ4n) is 3.87. The highest BCUT2D eigenvalue weighted by Gasteiger charge is 2.60. The Morgan fingerprint density at radius 3 is 1.74 bits per heavy atom. The first-order valence-corrected chi connectivity index (χ1v) is 6.27. The van der Waals surface area contributed by atoms with Crippen LogP contribution in [-0.2, 0) is 28.7 Å². The van der Waals surface area contributed by atoms with E-state index in [9.17, 15) is 19.2 Å². The second-order valence-electron chi connectivity index (χ2n) is 5.56. The van der Waals surface area contributed by atoms with Gasteiger partial charge in [0.25, 0.3) is 0 Å². The molecule has 4 rings (SSSR count). The van der Waals surface area contributed by atoms with E-state index in [4.69, 9.17) is 0 Å². The monoisotopic (exact) mass is 262 g/mol. The summed E-state index contributed by atoms with van der Waals surface area (Å²) in [5.41, 5.74) is 0.950. The van der Waals surface area contributed by atoms with Gasteiger partial charge in [-0.1, -0.05) is 11.6 Å². The molecule has 0 spiro atoms. The molecule has 4 unspecified atom stereocenters. The molecule has 0 aromatic carbocycles. The van der Waals surface area contributed by atoms with Crippen molar-refractivity contribution in [3.05, 3.63) is 11.6 Å². The van der Waals surface area contributed by atoms with Gasteiger partial charge in [0, 0.05) is 5.92 Å². The molecule has 0 aromatic rings. The third-order valence-corrected chi connectivity index (χ3v) is 4.64. The lowest BCUT2D eigenvalue weighted by Crippen LogP contribution is -2.41. The van der Waals surface area contributed by atoms with Gasteiger partial charge in [0.2, 0.25) is 0 Å². The zero-order valence-electron chi connectivity index (χ0n) is 9.83. The van der Waals surface area contributed by atoms with Gasteiger partial charge in [-0.2, -0.15) is 0 Å². The van der Waals surface area contributed by atoms with Gasteiger partial charge in [0.05, 0.1) is 23.7 Å². The minimum atomic E-state index is -0.637. The number of hydrogen-bond acceptors (Lipinski definition) is 6. The van der Waals surface area contributed by atoms with E-state index in [0.717, 1.165) is 5.57 Å². The van der Waals surface area contributed by atoms with Gasteiger partial charge in [-0.05, 0) is 12.8 Å². The molecule has 98 valence electrons. The molecular formula is C13H10O6. The summed E-state index contributed by atoms with van der Waals surface area (Å²) in [6.45, 7) is 0. The largest absolute Gasteiger partial charge is 0.393 e. The zero-order valence-corrected chi connectivity index (χ0v) is 9.83. The van der Waals surface area contributed by atoms with Gasteiger partial charge in [-0.3, -0.25) is 19.2 Å². The molecule has 0 aromatic heterocycles. The van der Waals surface area contributed by atoms with E-state index in [1.54, 1.807) is 0 Å². The Labute approximate surface area is 107 Å². The molecule has 2 aliphatic carbocycles. The van der Waals surface area contributed by atoms with Gasteiger partial charge in [-0.15, -0.1) is 0 Å². The summed E-state index contributed by atoms with van der Waals surface area (Å²) in [6.07, 6.45) is 2.74. The number of esters is 4. The van der Waals surface area contributed by atoms with Gasteiger partial charge >= 0.3 is 23.9 Å². The van der Waals surface area contributed by atoms with Crippen molar-refractivity contribution in [3.8, 4) is 0 Å². The second-order valence-corrected chi connectivity index (χ2v) is 5.56. The average Bonchev–Trinajstić information content (AvgIpc) is 2.78. The van der Waals surface area contributed by atoms with Crippen LogP contribution in [0.4, 0.5) is 0 Å². The van der Waals surface area contributed by atoms with Crippen molar-refractivity contribution in [3.63, 3.8) is 0 Å². The molecule has 0 amide bonds. The highest BCUT2D eigenvalue weighted by molar-refractivity contribution is 6.00. The van der Waals surface area contributed by atoms with Crippen molar-refractivity contribution in [2.24, 2.45) is 29.6 Å². The van der Waals surface area contributed by atoms with E-state index in [0.29, 0.717) is 12.8 Å². The third kappa shape index (κ3) is 1.26. The molecule has 2 heterocycles. The molecule has 6 nitrogen and oxygen atoms in total. The van der Waals surface area contributed by atoms with Crippen LogP contribution < -0.4 is 0 Å². The van der Waals surface area contributed by atoms with Gasteiger partial charge < -0.3 is 9.47 Å². The topological polar surface area (TPSA) is 86.7 Å². The summed E-state index contributed by atoms with van der Waals surface area (Å²) in [7, 11) is 0. The van der Waals surface area contributed by atoms with Crippen LogP contribution in [0.3, 0.4) is 0 Å². The molecule has 4 atom stereocenters. The smallest absolute Gasteiger partial charge is 0.318 e. The number of ether oxygens (including phenoxy) is 2. The fourth-order valence-corrected chi connectivity index (χ4v) is 3.87. The van der Waals surface area contributed by atoms with E-state index in [1.165, 1.54) is 0 Å². The number of carbonyl (C=O) groups excluding carboxylic acids is 4. The van der Waals surface area contributed by atoms with Crippen LogP contribution in [0.2, 0.25) is 0 Å². The van der Waals surface area contributed by atoms with Crippen LogP contribution in [0.25, 0.3) is 0 Å². The minimum absolute atomic E-state index is 0.439. The number of rotatable bonds is 0. The molecule has 0 saturated carbocycles. The molecule has 0 N–H and O–H groups in total. The Morgan fingerprint density at radius 2 is 1.26 bits per heavy atom. The first-order valence-electron chi connectivity index (χ1n) is 6.27. The molecular weight excluding hydrogens is 252 g/mol. The molecule has 19 heavy (non-hydrogen) atoms. The van der Waals surface area contributed by atoms with Gasteiger partial charge in [0.15, 0.2) is 0 Å². The first kappa shape index (κ1) is 10.9. The van der Waals surface area contributed by atoms with E-state index in [1.807, 2.05) is 6.08 Å². The number of carbonyl (C=O) groups is 4. The van der Waals surface area contributed by atoms with Crippen LogP contribution in [0.5, 0.6) is 0 Å². The lowest BCUT2D eigenvalue weighted by molar-refractivity contribution is -0.154. The fraction of sp³-hybridized carbons (Fsp3) is 0.538. The lowest BCUT2D eigenvalue weighted by atomic mass is 9.61. The summed E-state index contributed by atoms with van der Waals surface area (Å²) in [4.78, 5) is 46.8. The Hall–Kier alpha value is -1.98. The Balaban J connectivity index is 1.80. The Bertz CT molecular complexity index is 528. The number of hydrogen-bond donors (Lipinski definition) is 0. The highest BCUT2D eigenvalue weighted by Crippen LogP contribution is 2.52. The lowest BCUT2D eigenvalue weighted by Gasteiger charge is -2.37. The normalized spacial score (nSPS) is 43.4. The molecule has 0 radical (unpaired) electrons. The standard InChI is InChI=1S/C13H10O6/c14-10-6-2-4-1-5(8(6)12(16)18-10)9-7(3-4)11(15)19-13(9)17/h1,5-9H,2-3H2. The summed E-state index contributed by atoms with van der Waals surface area (Å²) in [5, 5.41) is 0. The average molecular weight is 262 g/mol. The summed E-state index contributed by atoms with van der Waals surface area (Å²) in [5.74, 6) is -4.89. The zero-order chi connectivity index (χ0) is 13.3. The van der Waals surface area contributed by atoms with Crippen LogP contribution in [0.15, 0.2) is 11.6 Å².